The second-order valence-electron chi connectivity index (χ2n) is 5.83. The first kappa shape index (κ1) is 14.1. The van der Waals surface area contributed by atoms with Gasteiger partial charge >= 0.3 is 0 Å². The third-order valence-electron chi connectivity index (χ3n) is 4.55. The number of nitrogens with zero attached hydrogens (tertiary/aromatic N) is 1. The molecule has 0 aliphatic carbocycles. The van der Waals surface area contributed by atoms with Crippen LogP contribution in [0.15, 0.2) is 0 Å². The minimum atomic E-state index is 0. The van der Waals surface area contributed by atoms with E-state index in [1.165, 1.54) is 12.8 Å². The fraction of sp³-hybridized carbons (Fsp3) is 0.923. The minimum absolute atomic E-state index is 0. The van der Waals surface area contributed by atoms with E-state index in [1.807, 2.05) is 0 Å². The van der Waals surface area contributed by atoms with Crippen molar-refractivity contribution in [2.75, 3.05) is 32.8 Å². The van der Waals surface area contributed by atoms with E-state index < -0.39 is 0 Å². The van der Waals surface area contributed by atoms with Gasteiger partial charge in [-0.25, -0.2) is 0 Å². The Morgan fingerprint density at radius 3 is 3.00 bits per heavy atom. The summed E-state index contributed by atoms with van der Waals surface area (Å²) < 4.78 is 5.54. The Balaban J connectivity index is 0.00000120. The topological polar surface area (TPSA) is 41.6 Å². The molecule has 0 aromatic rings. The van der Waals surface area contributed by atoms with E-state index in [0.717, 1.165) is 45.6 Å². The van der Waals surface area contributed by atoms with Crippen LogP contribution in [-0.4, -0.2) is 49.7 Å². The Morgan fingerprint density at radius 2 is 2.33 bits per heavy atom. The summed E-state index contributed by atoms with van der Waals surface area (Å²) in [6.07, 6.45) is 5.39. The van der Waals surface area contributed by atoms with Gasteiger partial charge in [0.15, 0.2) is 0 Å². The second-order valence-corrected chi connectivity index (χ2v) is 5.83. The molecule has 1 N–H and O–H groups in total. The Bertz CT molecular complexity index is 299. The number of nitrogens with one attached hydrogen (secondary N) is 1. The van der Waals surface area contributed by atoms with E-state index in [9.17, 15) is 4.79 Å². The summed E-state index contributed by atoms with van der Waals surface area (Å²) in [6, 6.07) is 0. The van der Waals surface area contributed by atoms with Crippen molar-refractivity contribution >= 4 is 18.3 Å². The van der Waals surface area contributed by atoms with Crippen LogP contribution in [0.2, 0.25) is 0 Å². The number of carbonyl (C=O) groups excluding carboxylic acids is 1. The summed E-state index contributed by atoms with van der Waals surface area (Å²) >= 11 is 0. The van der Waals surface area contributed by atoms with Crippen LogP contribution in [-0.2, 0) is 9.53 Å². The normalized spacial score (nSPS) is 35.1. The molecule has 2 unspecified atom stereocenters. The monoisotopic (exact) mass is 274 g/mol. The maximum absolute atomic E-state index is 12.2. The number of amides is 1. The molecule has 3 saturated heterocycles. The fourth-order valence-corrected chi connectivity index (χ4v) is 3.42. The van der Waals surface area contributed by atoms with Gasteiger partial charge in [-0.2, -0.15) is 0 Å². The summed E-state index contributed by atoms with van der Waals surface area (Å²) in [6.45, 7) is 4.97. The van der Waals surface area contributed by atoms with E-state index in [2.05, 4.69) is 10.2 Å². The number of likely N-dealkylation sites (tertiary alicyclic amines) is 1. The molecule has 0 bridgehead atoms. The van der Waals surface area contributed by atoms with Crippen LogP contribution in [0.3, 0.4) is 0 Å². The molecule has 0 radical (unpaired) electrons. The van der Waals surface area contributed by atoms with Gasteiger partial charge in [0.25, 0.3) is 0 Å². The van der Waals surface area contributed by atoms with Gasteiger partial charge < -0.3 is 15.0 Å². The number of ether oxygens (including phenoxy) is 1. The van der Waals surface area contributed by atoms with E-state index in [-0.39, 0.29) is 18.5 Å². The molecule has 2 atom stereocenters. The van der Waals surface area contributed by atoms with Crippen molar-refractivity contribution in [2.45, 2.75) is 38.2 Å². The molecular formula is C13H23ClN2O2. The Hall–Kier alpha value is -0.320. The fourth-order valence-electron chi connectivity index (χ4n) is 3.42. The largest absolute Gasteiger partial charge is 0.378 e. The molecule has 0 saturated carbocycles. The smallest absolute Gasteiger partial charge is 0.225 e. The quantitative estimate of drug-likeness (QED) is 0.822. The molecule has 0 aromatic heterocycles. The maximum Gasteiger partial charge on any atom is 0.225 e. The van der Waals surface area contributed by atoms with Crippen molar-refractivity contribution in [3.05, 3.63) is 0 Å². The van der Waals surface area contributed by atoms with Gasteiger partial charge in [-0.3, -0.25) is 4.79 Å². The van der Waals surface area contributed by atoms with Crippen molar-refractivity contribution in [3.63, 3.8) is 0 Å². The molecule has 104 valence electrons. The molecular weight excluding hydrogens is 252 g/mol. The number of carbonyl (C=O) groups is 1. The Labute approximate surface area is 115 Å². The van der Waals surface area contributed by atoms with Gasteiger partial charge in [-0.15, -0.1) is 12.4 Å². The molecule has 3 aliphatic heterocycles. The van der Waals surface area contributed by atoms with Crippen LogP contribution in [0, 0.1) is 5.41 Å². The highest BCUT2D eigenvalue weighted by atomic mass is 35.5. The van der Waals surface area contributed by atoms with Gasteiger partial charge in [0.1, 0.15) is 0 Å². The van der Waals surface area contributed by atoms with Crippen LogP contribution in [0.1, 0.15) is 32.1 Å². The predicted molar refractivity (Wildman–Crippen MR) is 72.0 cm³/mol. The third-order valence-corrected chi connectivity index (χ3v) is 4.55. The minimum Gasteiger partial charge on any atom is -0.378 e. The highest BCUT2D eigenvalue weighted by molar-refractivity contribution is 5.85. The highest BCUT2D eigenvalue weighted by Crippen LogP contribution is 2.36. The van der Waals surface area contributed by atoms with Crippen LogP contribution < -0.4 is 5.32 Å². The molecule has 3 aliphatic rings. The second kappa shape index (κ2) is 5.76. The van der Waals surface area contributed by atoms with E-state index >= 15 is 0 Å². The van der Waals surface area contributed by atoms with Crippen molar-refractivity contribution < 1.29 is 9.53 Å². The standard InChI is InChI=1S/C13H22N2O2.ClH/c16-12(8-11-2-1-7-17-11)15-6-4-13(10-15)3-5-14-9-13;/h11,14H,1-10H2;1H. The first-order valence-corrected chi connectivity index (χ1v) is 6.88. The molecule has 18 heavy (non-hydrogen) atoms. The lowest BCUT2D eigenvalue weighted by molar-refractivity contribution is -0.132. The Kier molecular flexibility index (Phi) is 4.51. The lowest BCUT2D eigenvalue weighted by atomic mass is 9.86. The van der Waals surface area contributed by atoms with Gasteiger partial charge in [-0.1, -0.05) is 0 Å². The van der Waals surface area contributed by atoms with Crippen molar-refractivity contribution in [2.24, 2.45) is 5.41 Å². The Morgan fingerprint density at radius 1 is 1.44 bits per heavy atom. The molecule has 5 heteroatoms. The van der Waals surface area contributed by atoms with Gasteiger partial charge in [0, 0.05) is 31.7 Å². The van der Waals surface area contributed by atoms with Gasteiger partial charge in [0.2, 0.25) is 5.91 Å². The molecule has 3 rings (SSSR count). The zero-order chi connectivity index (χ0) is 11.7. The summed E-state index contributed by atoms with van der Waals surface area (Å²) in [5.41, 5.74) is 0.395. The summed E-state index contributed by atoms with van der Waals surface area (Å²) in [5.74, 6) is 0.306. The van der Waals surface area contributed by atoms with Gasteiger partial charge in [-0.05, 0) is 32.2 Å². The predicted octanol–water partition coefficient (Wildman–Crippen LogP) is 1.19. The summed E-state index contributed by atoms with van der Waals surface area (Å²) in [4.78, 5) is 14.2. The third kappa shape index (κ3) is 2.81. The summed E-state index contributed by atoms with van der Waals surface area (Å²) in [7, 11) is 0. The van der Waals surface area contributed by atoms with Gasteiger partial charge in [0.05, 0.1) is 12.5 Å². The lowest BCUT2D eigenvalue weighted by Crippen LogP contribution is -2.34. The van der Waals surface area contributed by atoms with E-state index in [4.69, 9.17) is 4.74 Å². The average Bonchev–Trinajstić information content (AvgIpc) is 3.03. The van der Waals surface area contributed by atoms with Crippen LogP contribution >= 0.6 is 12.4 Å². The first-order chi connectivity index (χ1) is 8.27. The van der Waals surface area contributed by atoms with Crippen molar-refractivity contribution in [1.82, 2.24) is 10.2 Å². The zero-order valence-electron chi connectivity index (χ0n) is 10.8. The summed E-state index contributed by atoms with van der Waals surface area (Å²) in [5, 5.41) is 3.42. The number of rotatable bonds is 2. The molecule has 3 heterocycles. The van der Waals surface area contributed by atoms with Crippen LogP contribution in [0.5, 0.6) is 0 Å². The van der Waals surface area contributed by atoms with E-state index in [1.54, 1.807) is 0 Å². The number of hydrogen-bond acceptors (Lipinski definition) is 3. The van der Waals surface area contributed by atoms with Crippen molar-refractivity contribution in [1.29, 1.82) is 0 Å². The average molecular weight is 275 g/mol. The first-order valence-electron chi connectivity index (χ1n) is 6.88. The molecule has 1 amide bonds. The van der Waals surface area contributed by atoms with E-state index in [0.29, 0.717) is 17.7 Å². The molecule has 4 nitrogen and oxygen atoms in total. The number of hydrogen-bond donors (Lipinski definition) is 1. The molecule has 1 spiro atoms. The zero-order valence-corrected chi connectivity index (χ0v) is 11.6. The maximum atomic E-state index is 12.2. The lowest BCUT2D eigenvalue weighted by Gasteiger charge is -2.23. The molecule has 0 aromatic carbocycles. The van der Waals surface area contributed by atoms with Crippen molar-refractivity contribution in [3.8, 4) is 0 Å². The number of halogens is 1. The SMILES string of the molecule is Cl.O=C(CC1CCCO1)N1CCC2(CCNC2)C1. The van der Waals surface area contributed by atoms with Crippen LogP contribution in [0.25, 0.3) is 0 Å². The molecule has 3 fully saturated rings. The highest BCUT2D eigenvalue weighted by Gasteiger charge is 2.42. The van der Waals surface area contributed by atoms with Crippen LogP contribution in [0.4, 0.5) is 0 Å².